The molecule has 1 aliphatic rings. The molecule has 2 aromatic heterocycles. The van der Waals surface area contributed by atoms with E-state index in [1.807, 2.05) is 44.2 Å². The summed E-state index contributed by atoms with van der Waals surface area (Å²) in [7, 11) is 0. The summed E-state index contributed by atoms with van der Waals surface area (Å²) >= 11 is 0. The van der Waals surface area contributed by atoms with E-state index in [-0.39, 0.29) is 17.9 Å². The number of aryl methyl sites for hydroxylation is 1. The van der Waals surface area contributed by atoms with Gasteiger partial charge in [-0.2, -0.15) is 0 Å². The van der Waals surface area contributed by atoms with Gasteiger partial charge in [0.25, 0.3) is 5.91 Å². The normalized spacial score (nSPS) is 16.8. The summed E-state index contributed by atoms with van der Waals surface area (Å²) in [5, 5.41) is 2.96. The topological polar surface area (TPSA) is 79.9 Å². The first-order valence-corrected chi connectivity index (χ1v) is 9.70. The molecule has 6 nitrogen and oxygen atoms in total. The van der Waals surface area contributed by atoms with E-state index in [2.05, 4.69) is 28.4 Å². The highest BCUT2D eigenvalue weighted by Gasteiger charge is 2.27. The standard InChI is InChI=1S/C23H24N4O2/c1-5-8-15-12-24-22(28)17-11-19(26-20(15)17)16-9-7-10-18-21(16)27-23(14(4)25-18)29-13(3)6-2/h5-7,9-11,13,15,26H,1-2,8,12H2,3-4H3,(H,24,28). The Morgan fingerprint density at radius 3 is 2.90 bits per heavy atom. The van der Waals surface area contributed by atoms with Crippen molar-refractivity contribution in [2.24, 2.45) is 0 Å². The van der Waals surface area contributed by atoms with Gasteiger partial charge in [-0.15, -0.1) is 6.58 Å². The van der Waals surface area contributed by atoms with Gasteiger partial charge in [-0.05, 0) is 32.4 Å². The average molecular weight is 388 g/mol. The van der Waals surface area contributed by atoms with Crippen molar-refractivity contribution >= 4 is 16.9 Å². The number of nitrogens with one attached hydrogen (secondary N) is 2. The number of H-pyrrole nitrogens is 1. The Balaban J connectivity index is 1.85. The number of benzene rings is 1. The lowest BCUT2D eigenvalue weighted by molar-refractivity contribution is 0.0940. The van der Waals surface area contributed by atoms with Crippen LogP contribution in [0, 0.1) is 6.92 Å². The van der Waals surface area contributed by atoms with E-state index in [4.69, 9.17) is 9.72 Å². The monoisotopic (exact) mass is 388 g/mol. The molecule has 3 aromatic rings. The zero-order valence-corrected chi connectivity index (χ0v) is 16.7. The summed E-state index contributed by atoms with van der Waals surface area (Å²) in [4.78, 5) is 25.3. The predicted molar refractivity (Wildman–Crippen MR) is 114 cm³/mol. The summed E-state index contributed by atoms with van der Waals surface area (Å²) in [6.07, 6.45) is 4.21. The summed E-state index contributed by atoms with van der Waals surface area (Å²) < 4.78 is 5.86. The first-order valence-electron chi connectivity index (χ1n) is 9.70. The van der Waals surface area contributed by atoms with E-state index < -0.39 is 0 Å². The SMILES string of the molecule is C=CCC1CNC(=O)c2cc(-c3cccc4nc(C)c(OC(C)C=C)nc34)[nH]c21. The highest BCUT2D eigenvalue weighted by Crippen LogP contribution is 2.34. The lowest BCUT2D eigenvalue weighted by Gasteiger charge is -2.21. The molecule has 0 saturated heterocycles. The molecule has 1 amide bonds. The zero-order valence-electron chi connectivity index (χ0n) is 16.7. The van der Waals surface area contributed by atoms with Gasteiger partial charge >= 0.3 is 0 Å². The molecule has 3 heterocycles. The van der Waals surface area contributed by atoms with Gasteiger partial charge in [-0.25, -0.2) is 9.97 Å². The second-order valence-electron chi connectivity index (χ2n) is 7.29. The summed E-state index contributed by atoms with van der Waals surface area (Å²) in [5.41, 5.74) is 5.56. The van der Waals surface area contributed by atoms with Crippen LogP contribution >= 0.6 is 0 Å². The molecule has 2 atom stereocenters. The van der Waals surface area contributed by atoms with Gasteiger partial charge in [0.2, 0.25) is 5.88 Å². The first-order chi connectivity index (χ1) is 14.0. The summed E-state index contributed by atoms with van der Waals surface area (Å²) in [6, 6.07) is 7.74. The Morgan fingerprint density at radius 1 is 1.31 bits per heavy atom. The highest BCUT2D eigenvalue weighted by atomic mass is 16.5. The number of fused-ring (bicyclic) bond motifs is 2. The van der Waals surface area contributed by atoms with Crippen molar-refractivity contribution in [1.82, 2.24) is 20.3 Å². The summed E-state index contributed by atoms with van der Waals surface area (Å²) in [5.74, 6) is 0.606. The van der Waals surface area contributed by atoms with Crippen LogP contribution in [0.25, 0.3) is 22.3 Å². The molecule has 0 bridgehead atoms. The maximum absolute atomic E-state index is 12.4. The van der Waals surface area contributed by atoms with Crippen LogP contribution in [-0.4, -0.2) is 33.5 Å². The van der Waals surface area contributed by atoms with Gasteiger partial charge < -0.3 is 15.0 Å². The predicted octanol–water partition coefficient (Wildman–Crippen LogP) is 4.29. The van der Waals surface area contributed by atoms with E-state index in [0.717, 1.165) is 40.1 Å². The minimum Gasteiger partial charge on any atom is -0.469 e. The largest absolute Gasteiger partial charge is 0.469 e. The number of aromatic nitrogens is 3. The number of carbonyl (C=O) groups is 1. The van der Waals surface area contributed by atoms with E-state index in [9.17, 15) is 4.79 Å². The third-order valence-electron chi connectivity index (χ3n) is 5.21. The van der Waals surface area contributed by atoms with Crippen LogP contribution in [-0.2, 0) is 0 Å². The molecule has 0 spiro atoms. The molecule has 29 heavy (non-hydrogen) atoms. The van der Waals surface area contributed by atoms with E-state index in [1.165, 1.54) is 0 Å². The molecular formula is C23H24N4O2. The number of rotatable bonds is 6. The van der Waals surface area contributed by atoms with Crippen molar-refractivity contribution in [2.75, 3.05) is 6.54 Å². The third kappa shape index (κ3) is 3.42. The lowest BCUT2D eigenvalue weighted by Crippen LogP contribution is -2.34. The van der Waals surface area contributed by atoms with Gasteiger partial charge in [0.15, 0.2) is 0 Å². The smallest absolute Gasteiger partial charge is 0.253 e. The Hall–Kier alpha value is -3.41. The van der Waals surface area contributed by atoms with Gasteiger partial charge in [0.1, 0.15) is 17.3 Å². The lowest BCUT2D eigenvalue weighted by atomic mass is 9.94. The molecule has 1 aliphatic heterocycles. The maximum atomic E-state index is 12.4. The Bertz CT molecular complexity index is 1120. The molecule has 0 saturated carbocycles. The second-order valence-corrected chi connectivity index (χ2v) is 7.29. The van der Waals surface area contributed by atoms with Crippen LogP contribution in [0.1, 0.15) is 41.0 Å². The van der Waals surface area contributed by atoms with Crippen LogP contribution in [0.2, 0.25) is 0 Å². The van der Waals surface area contributed by atoms with Crippen molar-refractivity contribution in [3.63, 3.8) is 0 Å². The number of aromatic amines is 1. The third-order valence-corrected chi connectivity index (χ3v) is 5.21. The molecule has 6 heteroatoms. The fourth-order valence-corrected chi connectivity index (χ4v) is 3.64. The van der Waals surface area contributed by atoms with Gasteiger partial charge in [-0.3, -0.25) is 4.79 Å². The van der Waals surface area contributed by atoms with Gasteiger partial charge in [0.05, 0.1) is 11.1 Å². The molecular weight excluding hydrogens is 364 g/mol. The van der Waals surface area contributed by atoms with E-state index >= 15 is 0 Å². The van der Waals surface area contributed by atoms with Crippen LogP contribution in [0.15, 0.2) is 49.6 Å². The average Bonchev–Trinajstić information content (AvgIpc) is 3.16. The number of hydrogen-bond donors (Lipinski definition) is 2. The van der Waals surface area contributed by atoms with Crippen molar-refractivity contribution in [2.45, 2.75) is 32.3 Å². The van der Waals surface area contributed by atoms with Crippen LogP contribution in [0.4, 0.5) is 0 Å². The molecule has 0 radical (unpaired) electrons. The molecule has 2 unspecified atom stereocenters. The number of nitrogens with zero attached hydrogens (tertiary/aromatic N) is 2. The molecule has 4 rings (SSSR count). The number of hydrogen-bond acceptors (Lipinski definition) is 4. The van der Waals surface area contributed by atoms with Crippen LogP contribution < -0.4 is 10.1 Å². The Kier molecular flexibility index (Phi) is 4.92. The van der Waals surface area contributed by atoms with Gasteiger partial charge in [-0.1, -0.05) is 30.9 Å². The van der Waals surface area contributed by atoms with Crippen LogP contribution in [0.5, 0.6) is 5.88 Å². The van der Waals surface area contributed by atoms with Crippen molar-refractivity contribution < 1.29 is 9.53 Å². The fourth-order valence-electron chi connectivity index (χ4n) is 3.64. The van der Waals surface area contributed by atoms with E-state index in [1.54, 1.807) is 6.08 Å². The van der Waals surface area contributed by atoms with Crippen molar-refractivity contribution in [3.05, 3.63) is 66.5 Å². The first kappa shape index (κ1) is 18.9. The second kappa shape index (κ2) is 7.54. The fraction of sp³-hybridized carbons (Fsp3) is 0.261. The molecule has 2 N–H and O–H groups in total. The highest BCUT2D eigenvalue weighted by molar-refractivity contribution is 5.99. The number of ether oxygens (including phenoxy) is 1. The number of para-hydroxylation sites is 1. The number of allylic oxidation sites excluding steroid dienone is 1. The maximum Gasteiger partial charge on any atom is 0.253 e. The molecule has 0 aliphatic carbocycles. The number of carbonyl (C=O) groups excluding carboxylic acids is 1. The summed E-state index contributed by atoms with van der Waals surface area (Å²) in [6.45, 7) is 12.0. The van der Waals surface area contributed by atoms with Crippen molar-refractivity contribution in [1.29, 1.82) is 0 Å². The molecule has 0 fully saturated rings. The van der Waals surface area contributed by atoms with Crippen LogP contribution in [0.3, 0.4) is 0 Å². The molecule has 1 aromatic carbocycles. The van der Waals surface area contributed by atoms with Gasteiger partial charge in [0, 0.05) is 29.4 Å². The zero-order chi connectivity index (χ0) is 20.5. The Labute approximate surface area is 169 Å². The Morgan fingerprint density at radius 2 is 2.14 bits per heavy atom. The van der Waals surface area contributed by atoms with Crippen molar-refractivity contribution in [3.8, 4) is 17.1 Å². The quantitative estimate of drug-likeness (QED) is 0.618. The van der Waals surface area contributed by atoms with E-state index in [0.29, 0.717) is 18.0 Å². The minimum absolute atomic E-state index is 0.0613. The molecule has 148 valence electrons. The minimum atomic E-state index is -0.172. The number of amides is 1.